The van der Waals surface area contributed by atoms with E-state index in [0.29, 0.717) is 6.42 Å². The molecule has 1 amide bonds. The van der Waals surface area contributed by atoms with E-state index in [0.717, 1.165) is 41.5 Å². The average Bonchev–Trinajstić information content (AvgIpc) is 2.44. The van der Waals surface area contributed by atoms with Gasteiger partial charge in [-0.3, -0.25) is 9.78 Å². The summed E-state index contributed by atoms with van der Waals surface area (Å²) in [7, 11) is 0. The molecule has 0 radical (unpaired) electrons. The number of rotatable bonds is 5. The molecule has 0 fully saturated rings. The Kier molecular flexibility index (Phi) is 4.72. The molecule has 0 aliphatic rings. The minimum absolute atomic E-state index is 0.0849. The van der Waals surface area contributed by atoms with Crippen molar-refractivity contribution < 1.29 is 4.79 Å². The Morgan fingerprint density at radius 3 is 2.75 bits per heavy atom. The number of hydrogen-bond acceptors (Lipinski definition) is 2. The Balaban J connectivity index is 2.23. The fourth-order valence-corrected chi connectivity index (χ4v) is 2.46. The Morgan fingerprint density at radius 1 is 1.25 bits per heavy atom. The highest BCUT2D eigenvalue weighted by Gasteiger charge is 2.12. The number of amides is 1. The Labute approximate surface area is 120 Å². The first kappa shape index (κ1) is 14.5. The van der Waals surface area contributed by atoms with Crippen LogP contribution in [-0.4, -0.2) is 17.4 Å². The molecule has 1 N–H and O–H groups in total. The number of para-hydroxylation sites is 1. The highest BCUT2D eigenvalue weighted by molar-refractivity contribution is 5.86. The molecule has 2 aromatic rings. The van der Waals surface area contributed by atoms with Gasteiger partial charge in [-0.05, 0) is 37.5 Å². The van der Waals surface area contributed by atoms with Crippen molar-refractivity contribution >= 4 is 16.8 Å². The van der Waals surface area contributed by atoms with Crippen LogP contribution >= 0.6 is 0 Å². The molecule has 106 valence electrons. The van der Waals surface area contributed by atoms with Gasteiger partial charge in [-0.1, -0.05) is 31.5 Å². The van der Waals surface area contributed by atoms with Crippen LogP contribution < -0.4 is 5.32 Å². The van der Waals surface area contributed by atoms with Crippen molar-refractivity contribution in [3.63, 3.8) is 0 Å². The lowest BCUT2D eigenvalue weighted by Crippen LogP contribution is -2.26. The Morgan fingerprint density at radius 2 is 2.00 bits per heavy atom. The molecule has 0 atom stereocenters. The molecule has 3 heteroatoms. The van der Waals surface area contributed by atoms with Crippen LogP contribution in [0.1, 0.15) is 36.6 Å². The highest BCUT2D eigenvalue weighted by atomic mass is 16.1. The van der Waals surface area contributed by atoms with Crippen LogP contribution in [0, 0.1) is 13.8 Å². The van der Waals surface area contributed by atoms with Gasteiger partial charge in [0.2, 0.25) is 5.91 Å². The van der Waals surface area contributed by atoms with Crippen LogP contribution in [0.15, 0.2) is 24.3 Å². The van der Waals surface area contributed by atoms with Gasteiger partial charge in [-0.25, -0.2) is 0 Å². The van der Waals surface area contributed by atoms with Crippen molar-refractivity contribution in [2.45, 2.75) is 40.0 Å². The van der Waals surface area contributed by atoms with Gasteiger partial charge in [0.15, 0.2) is 0 Å². The van der Waals surface area contributed by atoms with Crippen molar-refractivity contribution in [1.82, 2.24) is 10.3 Å². The van der Waals surface area contributed by atoms with Gasteiger partial charge in [-0.2, -0.15) is 0 Å². The molecular formula is C17H22N2O. The van der Waals surface area contributed by atoms with Crippen molar-refractivity contribution in [3.05, 3.63) is 41.1 Å². The second-order valence-electron chi connectivity index (χ2n) is 5.20. The molecule has 0 bridgehead atoms. The number of carbonyl (C=O) groups is 1. The maximum absolute atomic E-state index is 12.0. The first-order chi connectivity index (χ1) is 9.63. The molecule has 3 nitrogen and oxygen atoms in total. The van der Waals surface area contributed by atoms with Crippen LogP contribution in [0.2, 0.25) is 0 Å². The second kappa shape index (κ2) is 6.51. The molecular weight excluding hydrogens is 248 g/mol. The van der Waals surface area contributed by atoms with Gasteiger partial charge in [0.1, 0.15) is 0 Å². The van der Waals surface area contributed by atoms with Gasteiger partial charge in [0.25, 0.3) is 0 Å². The minimum Gasteiger partial charge on any atom is -0.356 e. The zero-order valence-corrected chi connectivity index (χ0v) is 12.5. The van der Waals surface area contributed by atoms with E-state index in [9.17, 15) is 4.79 Å². The van der Waals surface area contributed by atoms with E-state index < -0.39 is 0 Å². The van der Waals surface area contributed by atoms with Crippen LogP contribution in [0.25, 0.3) is 10.9 Å². The first-order valence-corrected chi connectivity index (χ1v) is 7.25. The van der Waals surface area contributed by atoms with Crippen molar-refractivity contribution in [3.8, 4) is 0 Å². The van der Waals surface area contributed by atoms with Crippen LogP contribution in [0.5, 0.6) is 0 Å². The summed E-state index contributed by atoms with van der Waals surface area (Å²) in [6, 6.07) is 8.08. The standard InChI is InChI=1S/C17H22N2O/c1-4-5-10-18-17(20)11-15-12(2)14-8-6-7-9-16(14)19-13(15)3/h6-9H,4-5,10-11H2,1-3H3,(H,18,20). The number of aryl methyl sites for hydroxylation is 2. The number of nitrogens with one attached hydrogen (secondary N) is 1. The van der Waals surface area contributed by atoms with Gasteiger partial charge < -0.3 is 5.32 Å². The number of carbonyl (C=O) groups excluding carboxylic acids is 1. The summed E-state index contributed by atoms with van der Waals surface area (Å²) < 4.78 is 0. The maximum atomic E-state index is 12.0. The molecule has 0 aliphatic carbocycles. The molecule has 1 aromatic heterocycles. The summed E-state index contributed by atoms with van der Waals surface area (Å²) >= 11 is 0. The average molecular weight is 270 g/mol. The predicted octanol–water partition coefficient (Wildman–Crippen LogP) is 3.31. The van der Waals surface area contributed by atoms with E-state index in [1.54, 1.807) is 0 Å². The van der Waals surface area contributed by atoms with Gasteiger partial charge in [0.05, 0.1) is 11.9 Å². The normalized spacial score (nSPS) is 10.8. The van der Waals surface area contributed by atoms with E-state index in [1.165, 1.54) is 5.56 Å². The van der Waals surface area contributed by atoms with E-state index in [1.807, 2.05) is 25.1 Å². The molecule has 20 heavy (non-hydrogen) atoms. The van der Waals surface area contributed by atoms with E-state index in [4.69, 9.17) is 0 Å². The molecule has 0 spiro atoms. The highest BCUT2D eigenvalue weighted by Crippen LogP contribution is 2.22. The fraction of sp³-hybridized carbons (Fsp3) is 0.412. The molecule has 0 saturated carbocycles. The third kappa shape index (κ3) is 3.16. The predicted molar refractivity (Wildman–Crippen MR) is 82.8 cm³/mol. The second-order valence-corrected chi connectivity index (χ2v) is 5.20. The Bertz CT molecular complexity index is 620. The molecule has 0 unspecified atom stereocenters. The molecule has 1 aromatic carbocycles. The number of hydrogen-bond donors (Lipinski definition) is 1. The summed E-state index contributed by atoms with van der Waals surface area (Å²) in [4.78, 5) is 16.6. The molecule has 0 saturated heterocycles. The smallest absolute Gasteiger partial charge is 0.224 e. The number of fused-ring (bicyclic) bond motifs is 1. The van der Waals surface area contributed by atoms with Gasteiger partial charge in [-0.15, -0.1) is 0 Å². The van der Waals surface area contributed by atoms with Gasteiger partial charge >= 0.3 is 0 Å². The molecule has 2 rings (SSSR count). The van der Waals surface area contributed by atoms with Crippen LogP contribution in [0.4, 0.5) is 0 Å². The lowest BCUT2D eigenvalue weighted by atomic mass is 9.99. The number of aromatic nitrogens is 1. The largest absolute Gasteiger partial charge is 0.356 e. The first-order valence-electron chi connectivity index (χ1n) is 7.25. The topological polar surface area (TPSA) is 42.0 Å². The number of unbranched alkanes of at least 4 members (excludes halogenated alkanes) is 1. The van der Waals surface area contributed by atoms with E-state index in [-0.39, 0.29) is 5.91 Å². The summed E-state index contributed by atoms with van der Waals surface area (Å²) in [6.07, 6.45) is 2.54. The van der Waals surface area contributed by atoms with E-state index in [2.05, 4.69) is 30.2 Å². The van der Waals surface area contributed by atoms with Crippen molar-refractivity contribution in [2.24, 2.45) is 0 Å². The summed E-state index contributed by atoms with van der Waals surface area (Å²) in [5.41, 5.74) is 4.17. The van der Waals surface area contributed by atoms with Crippen molar-refractivity contribution in [1.29, 1.82) is 0 Å². The monoisotopic (exact) mass is 270 g/mol. The summed E-state index contributed by atoms with van der Waals surface area (Å²) in [5, 5.41) is 4.10. The fourth-order valence-electron chi connectivity index (χ4n) is 2.46. The number of pyridine rings is 1. The zero-order valence-electron chi connectivity index (χ0n) is 12.5. The zero-order chi connectivity index (χ0) is 14.5. The Hall–Kier alpha value is -1.90. The summed E-state index contributed by atoms with van der Waals surface area (Å²) in [5.74, 6) is 0.0849. The third-order valence-electron chi connectivity index (χ3n) is 3.68. The van der Waals surface area contributed by atoms with Gasteiger partial charge in [0, 0.05) is 17.6 Å². The molecule has 0 aliphatic heterocycles. The summed E-state index contributed by atoms with van der Waals surface area (Å²) in [6.45, 7) is 6.93. The maximum Gasteiger partial charge on any atom is 0.224 e. The van der Waals surface area contributed by atoms with Crippen molar-refractivity contribution in [2.75, 3.05) is 6.54 Å². The number of nitrogens with zero attached hydrogens (tertiary/aromatic N) is 1. The van der Waals surface area contributed by atoms with E-state index >= 15 is 0 Å². The lowest BCUT2D eigenvalue weighted by molar-refractivity contribution is -0.120. The SMILES string of the molecule is CCCCNC(=O)Cc1c(C)nc2ccccc2c1C. The quantitative estimate of drug-likeness (QED) is 0.847. The van der Waals surface area contributed by atoms with Crippen LogP contribution in [-0.2, 0) is 11.2 Å². The van der Waals surface area contributed by atoms with Crippen LogP contribution in [0.3, 0.4) is 0 Å². The lowest BCUT2D eigenvalue weighted by Gasteiger charge is -2.12. The third-order valence-corrected chi connectivity index (χ3v) is 3.68. The minimum atomic E-state index is 0.0849. The number of benzene rings is 1. The molecule has 1 heterocycles.